The lowest BCUT2D eigenvalue weighted by Gasteiger charge is -2.25. The van der Waals surface area contributed by atoms with Crippen molar-refractivity contribution in [2.45, 2.75) is 154 Å². The standard InChI is InChI=1S/C24H51ISi/c1-4-7-10-13-16-19-22-26(25,23-20-17-14-11-8-5-2)24-21-18-15-12-9-6-3/h4-24H2,1-3H3. The van der Waals surface area contributed by atoms with Gasteiger partial charge in [0.05, 0.1) is 0 Å². The van der Waals surface area contributed by atoms with Gasteiger partial charge in [-0.25, -0.2) is 0 Å². The Morgan fingerprint density at radius 2 is 0.615 bits per heavy atom. The van der Waals surface area contributed by atoms with Gasteiger partial charge in [-0.1, -0.05) is 136 Å². The molecule has 0 unspecified atom stereocenters. The molecule has 26 heavy (non-hydrogen) atoms. The third kappa shape index (κ3) is 18.3. The SMILES string of the molecule is CCCCCCCC[Si](I)(CCCCCCCC)CCCCCCCC. The van der Waals surface area contributed by atoms with Gasteiger partial charge in [0.1, 0.15) is 5.57 Å². The third-order valence-corrected chi connectivity index (χ3v) is 14.5. The zero-order chi connectivity index (χ0) is 19.3. The summed E-state index contributed by atoms with van der Waals surface area (Å²) >= 11 is 3.02. The first-order valence-corrected chi connectivity index (χ1v) is 18.1. The minimum Gasteiger partial charge on any atom is -0.119 e. The minimum atomic E-state index is -0.985. The van der Waals surface area contributed by atoms with Crippen LogP contribution in [-0.4, -0.2) is 5.57 Å². The molecule has 0 saturated heterocycles. The fourth-order valence-electron chi connectivity index (χ4n) is 4.04. The molecule has 0 atom stereocenters. The van der Waals surface area contributed by atoms with Crippen molar-refractivity contribution < 1.29 is 0 Å². The Balaban J connectivity index is 4.02. The molecule has 0 aromatic heterocycles. The van der Waals surface area contributed by atoms with Crippen LogP contribution in [0.5, 0.6) is 0 Å². The monoisotopic (exact) mass is 494 g/mol. The van der Waals surface area contributed by atoms with E-state index in [1.54, 1.807) is 18.1 Å². The Kier molecular flexibility index (Phi) is 21.4. The number of rotatable bonds is 21. The van der Waals surface area contributed by atoms with Crippen molar-refractivity contribution in [1.82, 2.24) is 0 Å². The number of unbranched alkanes of at least 4 members (excludes halogenated alkanes) is 15. The highest BCUT2D eigenvalue weighted by Gasteiger charge is 2.27. The highest BCUT2D eigenvalue weighted by atomic mass is 127. The lowest BCUT2D eigenvalue weighted by Crippen LogP contribution is -2.25. The largest absolute Gasteiger partial charge is 0.125 e. The van der Waals surface area contributed by atoms with E-state index in [2.05, 4.69) is 42.6 Å². The predicted octanol–water partition coefficient (Wildman–Crippen LogP) is 10.4. The predicted molar refractivity (Wildman–Crippen MR) is 134 cm³/mol. The van der Waals surface area contributed by atoms with Crippen LogP contribution in [0.1, 0.15) is 136 Å². The molecule has 0 bridgehead atoms. The fraction of sp³-hybridized carbons (Fsp3) is 1.00. The van der Waals surface area contributed by atoms with E-state index in [-0.39, 0.29) is 0 Å². The zero-order valence-electron chi connectivity index (χ0n) is 18.7. The summed E-state index contributed by atoms with van der Waals surface area (Å²) in [5.41, 5.74) is -0.985. The smallest absolute Gasteiger partial charge is 0.119 e. The summed E-state index contributed by atoms with van der Waals surface area (Å²) in [6.45, 7) is 6.97. The maximum Gasteiger partial charge on any atom is 0.125 e. The summed E-state index contributed by atoms with van der Waals surface area (Å²) in [5.74, 6) is 0. The Bertz CT molecular complexity index is 226. The van der Waals surface area contributed by atoms with Gasteiger partial charge in [0.25, 0.3) is 0 Å². The summed E-state index contributed by atoms with van der Waals surface area (Å²) in [4.78, 5) is 0. The average molecular weight is 495 g/mol. The Morgan fingerprint density at radius 3 is 0.885 bits per heavy atom. The molecule has 0 spiro atoms. The normalized spacial score (nSPS) is 12.0. The molecule has 0 aromatic rings. The van der Waals surface area contributed by atoms with E-state index >= 15 is 0 Å². The fourth-order valence-corrected chi connectivity index (χ4v) is 10.9. The molecular formula is C24H51ISi. The lowest BCUT2D eigenvalue weighted by atomic mass is 10.1. The number of hydrogen-bond donors (Lipinski definition) is 0. The lowest BCUT2D eigenvalue weighted by molar-refractivity contribution is 0.609. The topological polar surface area (TPSA) is 0 Å². The zero-order valence-corrected chi connectivity index (χ0v) is 21.9. The van der Waals surface area contributed by atoms with E-state index in [9.17, 15) is 0 Å². The van der Waals surface area contributed by atoms with Gasteiger partial charge in [-0.2, -0.15) is 0 Å². The number of halogens is 1. The summed E-state index contributed by atoms with van der Waals surface area (Å²) in [5, 5.41) is 0. The van der Waals surface area contributed by atoms with Crippen LogP contribution in [-0.2, 0) is 0 Å². The molecule has 0 radical (unpaired) electrons. The molecular weight excluding hydrogens is 443 g/mol. The van der Waals surface area contributed by atoms with Crippen LogP contribution in [0, 0.1) is 0 Å². The molecule has 0 aromatic carbocycles. The molecule has 0 fully saturated rings. The van der Waals surface area contributed by atoms with Crippen molar-refractivity contribution >= 4 is 27.4 Å². The summed E-state index contributed by atoms with van der Waals surface area (Å²) in [6, 6.07) is 4.84. The Morgan fingerprint density at radius 1 is 0.385 bits per heavy atom. The molecule has 0 aliphatic rings. The van der Waals surface area contributed by atoms with Crippen LogP contribution in [0.25, 0.3) is 0 Å². The van der Waals surface area contributed by atoms with Crippen molar-refractivity contribution in [2.24, 2.45) is 0 Å². The highest BCUT2D eigenvalue weighted by Crippen LogP contribution is 2.35. The van der Waals surface area contributed by atoms with Crippen LogP contribution in [0.2, 0.25) is 18.1 Å². The van der Waals surface area contributed by atoms with Crippen LogP contribution in [0.3, 0.4) is 0 Å². The van der Waals surface area contributed by atoms with Gasteiger partial charge >= 0.3 is 0 Å². The maximum atomic E-state index is 3.02. The van der Waals surface area contributed by atoms with E-state index in [0.29, 0.717) is 0 Å². The van der Waals surface area contributed by atoms with Gasteiger partial charge in [0.2, 0.25) is 0 Å². The molecule has 158 valence electrons. The molecule has 0 heterocycles. The van der Waals surface area contributed by atoms with Gasteiger partial charge in [0, 0.05) is 0 Å². The van der Waals surface area contributed by atoms with Crippen LogP contribution in [0.4, 0.5) is 0 Å². The molecule has 0 amide bonds. The molecule has 0 aliphatic carbocycles. The highest BCUT2D eigenvalue weighted by molar-refractivity contribution is 14.1. The van der Waals surface area contributed by atoms with Crippen LogP contribution >= 0.6 is 21.8 Å². The average Bonchev–Trinajstić information content (AvgIpc) is 2.64. The number of hydrogen-bond acceptors (Lipinski definition) is 0. The van der Waals surface area contributed by atoms with Crippen molar-refractivity contribution in [2.75, 3.05) is 0 Å². The van der Waals surface area contributed by atoms with Crippen molar-refractivity contribution in [3.05, 3.63) is 0 Å². The quantitative estimate of drug-likeness (QED) is 0.0644. The minimum absolute atomic E-state index is 0.985. The van der Waals surface area contributed by atoms with Crippen molar-refractivity contribution in [1.29, 1.82) is 0 Å². The molecule has 0 aliphatic heterocycles. The molecule has 0 saturated carbocycles. The second-order valence-electron chi connectivity index (χ2n) is 8.70. The van der Waals surface area contributed by atoms with E-state index in [4.69, 9.17) is 0 Å². The molecule has 0 rings (SSSR count). The summed E-state index contributed by atoms with van der Waals surface area (Å²) in [6.07, 6.45) is 26.5. The first-order valence-electron chi connectivity index (χ1n) is 12.4. The Labute approximate surface area is 181 Å². The van der Waals surface area contributed by atoms with Gasteiger partial charge < -0.3 is 0 Å². The third-order valence-electron chi connectivity index (χ3n) is 5.94. The molecule has 2 heteroatoms. The summed E-state index contributed by atoms with van der Waals surface area (Å²) < 4.78 is 0. The van der Waals surface area contributed by atoms with Gasteiger partial charge in [-0.3, -0.25) is 0 Å². The van der Waals surface area contributed by atoms with Gasteiger partial charge in [-0.15, -0.1) is 21.8 Å². The second-order valence-corrected chi connectivity index (χ2v) is 19.4. The summed E-state index contributed by atoms with van der Waals surface area (Å²) in [7, 11) is 0. The van der Waals surface area contributed by atoms with E-state index < -0.39 is 5.57 Å². The first-order chi connectivity index (χ1) is 12.7. The van der Waals surface area contributed by atoms with Crippen LogP contribution in [0.15, 0.2) is 0 Å². The van der Waals surface area contributed by atoms with Crippen molar-refractivity contribution in [3.8, 4) is 0 Å². The Hall–Kier alpha value is 0.947. The molecule has 0 N–H and O–H groups in total. The molecule has 0 nitrogen and oxygen atoms in total. The van der Waals surface area contributed by atoms with E-state index in [1.165, 1.54) is 116 Å². The van der Waals surface area contributed by atoms with Gasteiger partial charge in [0.15, 0.2) is 0 Å². The van der Waals surface area contributed by atoms with Gasteiger partial charge in [-0.05, 0) is 18.1 Å². The maximum absolute atomic E-state index is 3.02. The van der Waals surface area contributed by atoms with E-state index in [0.717, 1.165) is 0 Å². The first kappa shape index (κ1) is 26.9. The van der Waals surface area contributed by atoms with Crippen molar-refractivity contribution in [3.63, 3.8) is 0 Å². The second kappa shape index (κ2) is 20.7. The van der Waals surface area contributed by atoms with E-state index in [1.807, 2.05) is 0 Å². The van der Waals surface area contributed by atoms with Crippen LogP contribution < -0.4 is 0 Å².